The summed E-state index contributed by atoms with van der Waals surface area (Å²) in [7, 11) is 1.19. The van der Waals surface area contributed by atoms with E-state index in [4.69, 9.17) is 18.5 Å². The third kappa shape index (κ3) is 87.8. The van der Waals surface area contributed by atoms with Crippen molar-refractivity contribution < 1.29 is 42.1 Å². The summed E-state index contributed by atoms with van der Waals surface area (Å²) < 4.78 is 34.5. The normalized spacial score (nSPS) is 13.4. The van der Waals surface area contributed by atoms with Gasteiger partial charge in [-0.25, -0.2) is 0 Å². The lowest BCUT2D eigenvalue weighted by Crippen LogP contribution is -2.37. The Morgan fingerprint density at radius 3 is 0.817 bits per heavy atom. The molecule has 104 heavy (non-hydrogen) atoms. The number of unbranched alkanes of at least 4 members (excludes halogenated alkanes) is 54. The van der Waals surface area contributed by atoms with E-state index in [0.29, 0.717) is 17.4 Å². The van der Waals surface area contributed by atoms with Crippen molar-refractivity contribution in [3.8, 4) is 0 Å². The number of hydrogen-bond acceptors (Lipinski definition) is 8. The van der Waals surface area contributed by atoms with Gasteiger partial charge in [-0.3, -0.25) is 14.2 Å². The highest BCUT2D eigenvalue weighted by molar-refractivity contribution is 7.45. The van der Waals surface area contributed by atoms with Crippen LogP contribution in [0.3, 0.4) is 0 Å². The van der Waals surface area contributed by atoms with Gasteiger partial charge in [0.05, 0.1) is 27.7 Å². The quantitative estimate of drug-likeness (QED) is 0.0195. The maximum absolute atomic E-state index is 12.9. The lowest BCUT2D eigenvalue weighted by Gasteiger charge is -2.28. The summed E-state index contributed by atoms with van der Waals surface area (Å²) in [5.74, 6) is -0.810. The Bertz CT molecular complexity index is 2080. The standard InChI is InChI=1S/C94H172NO8P/c1-6-8-10-12-14-16-18-20-22-24-26-28-30-32-34-36-38-40-42-44-46-47-49-50-52-54-56-58-60-62-64-66-68-70-72-74-76-78-80-82-84-86-93(96)100-90-92(91-102-104(98,99)101-89-88-95(3,4)5)103-94(97)87-85-83-81-79-77-75-73-71-69-67-65-63-61-59-57-55-53-51-48-45-43-41-39-37-35-33-31-29-27-25-23-21-19-17-15-13-11-9-7-2/h9,11,15,17-18,20-21,23-24,26-27,29-30,32-33,35,92H,6-8,10,12-14,16,19,22,25,28,31,34,36-91H2,1-5H3/b11-9-,17-15-,20-18-,23-21-,26-24-,29-27-,32-30-,35-33-. The summed E-state index contributed by atoms with van der Waals surface area (Å²) in [6, 6.07) is 0. The largest absolute Gasteiger partial charge is 0.756 e. The van der Waals surface area contributed by atoms with Gasteiger partial charge in [0.15, 0.2) is 6.10 Å². The molecule has 0 bridgehead atoms. The van der Waals surface area contributed by atoms with Gasteiger partial charge in [0.2, 0.25) is 0 Å². The molecule has 0 rings (SSSR count). The first kappa shape index (κ1) is 101. The molecule has 9 nitrogen and oxygen atoms in total. The SMILES string of the molecule is CC/C=C\C/C=C\C/C=C\C/C=C\C/C=C\CCCCCCCCCCCCCCCCCCCCCCCCCC(=O)OC(COC(=O)CCCCCCCCCCCCCCCCCCCCCCCCCCCC/C=C\C/C=C\C/C=C\CCCCCCC)COP(=O)([O-])OCC[N+](C)(C)C. The average molecular weight is 1480 g/mol. The zero-order chi connectivity index (χ0) is 75.4. The monoisotopic (exact) mass is 1470 g/mol. The molecular weight excluding hydrogens is 1300 g/mol. The predicted octanol–water partition coefficient (Wildman–Crippen LogP) is 29.9. The van der Waals surface area contributed by atoms with Crippen LogP contribution in [0.5, 0.6) is 0 Å². The Morgan fingerprint density at radius 2 is 0.548 bits per heavy atom. The van der Waals surface area contributed by atoms with Gasteiger partial charge in [-0.2, -0.15) is 0 Å². The molecule has 0 radical (unpaired) electrons. The highest BCUT2D eigenvalue weighted by Gasteiger charge is 2.22. The van der Waals surface area contributed by atoms with Crippen LogP contribution in [0.4, 0.5) is 0 Å². The smallest absolute Gasteiger partial charge is 0.306 e. The van der Waals surface area contributed by atoms with E-state index in [1.54, 1.807) is 0 Å². The highest BCUT2D eigenvalue weighted by atomic mass is 31.2. The van der Waals surface area contributed by atoms with E-state index in [9.17, 15) is 19.0 Å². The van der Waals surface area contributed by atoms with Gasteiger partial charge in [0.1, 0.15) is 19.8 Å². The number of allylic oxidation sites excluding steroid dienone is 16. The van der Waals surface area contributed by atoms with Crippen LogP contribution >= 0.6 is 7.82 Å². The van der Waals surface area contributed by atoms with E-state index < -0.39 is 26.5 Å². The number of esters is 2. The van der Waals surface area contributed by atoms with Crippen molar-refractivity contribution in [1.82, 2.24) is 0 Å². The average Bonchev–Trinajstić information content (AvgIpc) is 0.915. The summed E-state index contributed by atoms with van der Waals surface area (Å²) in [5, 5.41) is 0. The molecule has 0 saturated heterocycles. The van der Waals surface area contributed by atoms with Crippen molar-refractivity contribution in [2.45, 2.75) is 444 Å². The Labute approximate surface area is 646 Å². The molecule has 0 aliphatic carbocycles. The van der Waals surface area contributed by atoms with Crippen LogP contribution in [0.1, 0.15) is 438 Å². The second-order valence-electron chi connectivity index (χ2n) is 31.6. The molecule has 2 atom stereocenters. The molecule has 0 heterocycles. The minimum atomic E-state index is -4.65. The van der Waals surface area contributed by atoms with Gasteiger partial charge in [-0.15, -0.1) is 0 Å². The first-order valence-corrected chi connectivity index (χ1v) is 46.4. The molecule has 0 aromatic carbocycles. The van der Waals surface area contributed by atoms with Gasteiger partial charge in [0, 0.05) is 12.8 Å². The maximum Gasteiger partial charge on any atom is 0.306 e. The molecule has 0 aromatic rings. The number of carbonyl (C=O) groups excluding carboxylic acids is 2. The number of nitrogens with zero attached hydrogens (tertiary/aromatic N) is 1. The zero-order valence-corrected chi connectivity index (χ0v) is 70.4. The fraction of sp³-hybridized carbons (Fsp3) is 0.809. The van der Waals surface area contributed by atoms with E-state index in [0.717, 1.165) is 77.0 Å². The fourth-order valence-corrected chi connectivity index (χ4v) is 14.0. The van der Waals surface area contributed by atoms with E-state index in [1.165, 1.54) is 327 Å². The molecule has 0 aromatic heterocycles. The number of rotatable bonds is 84. The van der Waals surface area contributed by atoms with E-state index in [1.807, 2.05) is 21.1 Å². The van der Waals surface area contributed by atoms with E-state index in [2.05, 4.69) is 111 Å². The van der Waals surface area contributed by atoms with Crippen LogP contribution < -0.4 is 4.89 Å². The zero-order valence-electron chi connectivity index (χ0n) is 69.5. The number of quaternary nitrogens is 1. The molecule has 0 N–H and O–H groups in total. The lowest BCUT2D eigenvalue weighted by molar-refractivity contribution is -0.870. The topological polar surface area (TPSA) is 111 Å². The van der Waals surface area contributed by atoms with Gasteiger partial charge < -0.3 is 27.9 Å². The predicted molar refractivity (Wildman–Crippen MR) is 452 cm³/mol. The molecule has 0 spiro atoms. The number of hydrogen-bond donors (Lipinski definition) is 0. The number of ether oxygens (including phenoxy) is 2. The van der Waals surface area contributed by atoms with Crippen LogP contribution in [0.15, 0.2) is 97.2 Å². The number of phosphoric ester groups is 1. The van der Waals surface area contributed by atoms with Crippen LogP contribution in [0, 0.1) is 0 Å². The Morgan fingerprint density at radius 1 is 0.308 bits per heavy atom. The van der Waals surface area contributed by atoms with Crippen LogP contribution in [-0.2, 0) is 32.7 Å². The van der Waals surface area contributed by atoms with Crippen LogP contribution in [0.2, 0.25) is 0 Å². The van der Waals surface area contributed by atoms with Gasteiger partial charge in [0.25, 0.3) is 7.82 Å². The minimum absolute atomic E-state index is 0.0294. The first-order chi connectivity index (χ1) is 51.0. The lowest BCUT2D eigenvalue weighted by atomic mass is 10.0. The molecular formula is C94H172NO8P. The van der Waals surface area contributed by atoms with E-state index >= 15 is 0 Å². The van der Waals surface area contributed by atoms with Crippen LogP contribution in [0.25, 0.3) is 0 Å². The molecule has 2 unspecified atom stereocenters. The molecule has 0 aliphatic heterocycles. The van der Waals surface area contributed by atoms with Crippen molar-refractivity contribution in [3.05, 3.63) is 97.2 Å². The molecule has 0 saturated carbocycles. The van der Waals surface area contributed by atoms with Crippen molar-refractivity contribution in [3.63, 3.8) is 0 Å². The Kier molecular flexibility index (Phi) is 81.5. The first-order valence-electron chi connectivity index (χ1n) is 44.9. The second-order valence-corrected chi connectivity index (χ2v) is 33.0. The third-order valence-electron chi connectivity index (χ3n) is 20.1. The number of carbonyl (C=O) groups is 2. The summed E-state index contributed by atoms with van der Waals surface area (Å²) in [5.41, 5.74) is 0. The second kappa shape index (κ2) is 84.0. The van der Waals surface area contributed by atoms with Crippen molar-refractivity contribution in [2.75, 3.05) is 47.5 Å². The third-order valence-corrected chi connectivity index (χ3v) is 21.1. The van der Waals surface area contributed by atoms with Crippen molar-refractivity contribution in [1.29, 1.82) is 0 Å². The highest BCUT2D eigenvalue weighted by Crippen LogP contribution is 2.38. The molecule has 606 valence electrons. The van der Waals surface area contributed by atoms with Gasteiger partial charge in [-0.05, 0) is 96.3 Å². The molecule has 0 aliphatic rings. The molecule has 10 heteroatoms. The van der Waals surface area contributed by atoms with Crippen molar-refractivity contribution in [2.24, 2.45) is 0 Å². The summed E-state index contributed by atoms with van der Waals surface area (Å²) in [6.45, 7) is 4.18. The molecule has 0 fully saturated rings. The summed E-state index contributed by atoms with van der Waals surface area (Å²) in [6.07, 6.45) is 119. The maximum atomic E-state index is 12.9. The van der Waals surface area contributed by atoms with Gasteiger partial charge in [-0.1, -0.05) is 426 Å². The van der Waals surface area contributed by atoms with E-state index in [-0.39, 0.29) is 32.0 Å². The molecule has 0 amide bonds. The van der Waals surface area contributed by atoms with Crippen molar-refractivity contribution >= 4 is 19.8 Å². The Balaban J connectivity index is 3.86. The minimum Gasteiger partial charge on any atom is -0.756 e. The fourth-order valence-electron chi connectivity index (χ4n) is 13.3. The number of phosphoric acid groups is 1. The van der Waals surface area contributed by atoms with Gasteiger partial charge >= 0.3 is 11.9 Å². The number of likely N-dealkylation sites (N-methyl/N-ethyl adjacent to an activating group) is 1. The Hall–Kier alpha value is -3.07. The van der Waals surface area contributed by atoms with Crippen LogP contribution in [-0.4, -0.2) is 70.0 Å². The summed E-state index contributed by atoms with van der Waals surface area (Å²) in [4.78, 5) is 38.3. The summed E-state index contributed by atoms with van der Waals surface area (Å²) >= 11 is 0.